The minimum atomic E-state index is -0.209. The Balaban J connectivity index is 0.000000847. The van der Waals surface area contributed by atoms with Gasteiger partial charge < -0.3 is 10.0 Å². The third-order valence-electron chi connectivity index (χ3n) is 3.46. The monoisotopic (exact) mass is 318 g/mol. The Morgan fingerprint density at radius 2 is 1.86 bits per heavy atom. The van der Waals surface area contributed by atoms with E-state index in [1.54, 1.807) is 24.3 Å². The van der Waals surface area contributed by atoms with Crippen LogP contribution >= 0.6 is 11.8 Å². The van der Waals surface area contributed by atoms with Crippen molar-refractivity contribution >= 4 is 28.9 Å². The molecule has 5 heteroatoms. The Hall–Kier alpha value is -1.75. The maximum absolute atomic E-state index is 12.0. The molecule has 2 aliphatic heterocycles. The Labute approximate surface area is 135 Å². The number of rotatable bonds is 1. The second kappa shape index (κ2) is 8.03. The highest BCUT2D eigenvalue weighted by Crippen LogP contribution is 2.32. The number of aliphatic imine (C=N–C) groups is 1. The van der Waals surface area contributed by atoms with Crippen LogP contribution in [-0.4, -0.2) is 34.2 Å². The van der Waals surface area contributed by atoms with Crippen molar-refractivity contribution in [1.82, 2.24) is 4.90 Å². The van der Waals surface area contributed by atoms with Crippen molar-refractivity contribution in [3.8, 4) is 5.75 Å². The molecule has 3 rings (SSSR count). The molecule has 4 nitrogen and oxygen atoms in total. The number of thioether (sulfide) groups is 1. The molecule has 2 aliphatic rings. The number of carbonyl (C=O) groups excluding carboxylic acids is 1. The van der Waals surface area contributed by atoms with E-state index >= 15 is 0 Å². The number of hydrogen-bond acceptors (Lipinski definition) is 4. The maximum atomic E-state index is 12.0. The molecule has 1 amide bonds. The molecule has 0 spiro atoms. The topological polar surface area (TPSA) is 52.9 Å². The molecular formula is C17H22N2O2S. The SMILES string of the molecule is CC.O=C1N=C(N2CCCCC2)S/C1=C\c1ccccc1O. The molecule has 1 fully saturated rings. The Morgan fingerprint density at radius 1 is 1.18 bits per heavy atom. The highest BCUT2D eigenvalue weighted by atomic mass is 32.2. The van der Waals surface area contributed by atoms with E-state index in [4.69, 9.17) is 0 Å². The summed E-state index contributed by atoms with van der Waals surface area (Å²) >= 11 is 1.41. The summed E-state index contributed by atoms with van der Waals surface area (Å²) in [6, 6.07) is 7.00. The molecule has 118 valence electrons. The summed E-state index contributed by atoms with van der Waals surface area (Å²) in [6.07, 6.45) is 5.28. The van der Waals surface area contributed by atoms with Gasteiger partial charge >= 0.3 is 0 Å². The number of amides is 1. The third-order valence-corrected chi connectivity index (χ3v) is 4.50. The van der Waals surface area contributed by atoms with E-state index in [2.05, 4.69) is 9.89 Å². The molecule has 0 unspecified atom stereocenters. The second-order valence-electron chi connectivity index (χ2n) is 4.92. The number of carbonyl (C=O) groups is 1. The third kappa shape index (κ3) is 3.91. The number of hydrogen-bond donors (Lipinski definition) is 1. The number of phenols is 1. The molecule has 1 aromatic rings. The number of phenolic OH excluding ortho intramolecular Hbond substituents is 1. The van der Waals surface area contributed by atoms with Crippen LogP contribution in [-0.2, 0) is 4.79 Å². The molecule has 1 N–H and O–H groups in total. The number of benzene rings is 1. The molecule has 1 aromatic carbocycles. The zero-order chi connectivity index (χ0) is 15.9. The van der Waals surface area contributed by atoms with Gasteiger partial charge in [-0.1, -0.05) is 32.0 Å². The van der Waals surface area contributed by atoms with Crippen molar-refractivity contribution in [2.45, 2.75) is 33.1 Å². The predicted octanol–water partition coefficient (Wildman–Crippen LogP) is 3.87. The average molecular weight is 318 g/mol. The number of aromatic hydroxyl groups is 1. The minimum Gasteiger partial charge on any atom is -0.507 e. The van der Waals surface area contributed by atoms with Crippen LogP contribution in [0.4, 0.5) is 0 Å². The van der Waals surface area contributed by atoms with Gasteiger partial charge in [-0.05, 0) is 43.2 Å². The van der Waals surface area contributed by atoms with Crippen molar-refractivity contribution in [2.75, 3.05) is 13.1 Å². The number of para-hydroxylation sites is 1. The summed E-state index contributed by atoms with van der Waals surface area (Å²) in [5, 5.41) is 10.6. The van der Waals surface area contributed by atoms with Crippen LogP contribution in [0.25, 0.3) is 6.08 Å². The lowest BCUT2D eigenvalue weighted by molar-refractivity contribution is -0.113. The summed E-state index contributed by atoms with van der Waals surface area (Å²) in [5.41, 5.74) is 0.651. The van der Waals surface area contributed by atoms with Crippen molar-refractivity contribution < 1.29 is 9.90 Å². The van der Waals surface area contributed by atoms with Gasteiger partial charge in [0.15, 0.2) is 5.17 Å². The van der Waals surface area contributed by atoms with Crippen molar-refractivity contribution in [2.24, 2.45) is 4.99 Å². The summed E-state index contributed by atoms with van der Waals surface area (Å²) in [6.45, 7) is 5.95. The largest absolute Gasteiger partial charge is 0.507 e. The summed E-state index contributed by atoms with van der Waals surface area (Å²) in [4.78, 5) is 18.8. The molecule has 0 aromatic heterocycles. The summed E-state index contributed by atoms with van der Waals surface area (Å²) in [7, 11) is 0. The lowest BCUT2D eigenvalue weighted by Gasteiger charge is -2.27. The molecule has 2 heterocycles. The highest BCUT2D eigenvalue weighted by molar-refractivity contribution is 8.18. The second-order valence-corrected chi connectivity index (χ2v) is 5.93. The van der Waals surface area contributed by atoms with Gasteiger partial charge in [-0.15, -0.1) is 0 Å². The molecule has 0 atom stereocenters. The van der Waals surface area contributed by atoms with Crippen LogP contribution in [0.2, 0.25) is 0 Å². The number of nitrogens with zero attached hydrogens (tertiary/aromatic N) is 2. The minimum absolute atomic E-state index is 0.180. The Bertz CT molecular complexity index is 590. The van der Waals surface area contributed by atoms with E-state index in [1.165, 1.54) is 18.2 Å². The number of amidine groups is 1. The fourth-order valence-corrected chi connectivity index (χ4v) is 3.33. The lowest BCUT2D eigenvalue weighted by Crippen LogP contribution is -2.33. The standard InChI is InChI=1S/C15H16N2O2S.C2H6/c18-12-7-3-2-6-11(12)10-13-14(19)16-15(20-13)17-8-4-1-5-9-17;1-2/h2-3,6-7,10,18H,1,4-5,8-9H2;1-2H3/b13-10-;. The van der Waals surface area contributed by atoms with Crippen LogP contribution in [0.15, 0.2) is 34.2 Å². The van der Waals surface area contributed by atoms with Crippen LogP contribution in [0, 0.1) is 0 Å². The zero-order valence-corrected chi connectivity index (χ0v) is 13.9. The fraction of sp³-hybridized carbons (Fsp3) is 0.412. The molecule has 0 saturated carbocycles. The van der Waals surface area contributed by atoms with E-state index < -0.39 is 0 Å². The molecule has 0 radical (unpaired) electrons. The van der Waals surface area contributed by atoms with E-state index in [0.29, 0.717) is 10.5 Å². The summed E-state index contributed by atoms with van der Waals surface area (Å²) < 4.78 is 0. The number of likely N-dealkylation sites (tertiary alicyclic amines) is 1. The van der Waals surface area contributed by atoms with Gasteiger partial charge in [0.05, 0.1) is 4.91 Å². The van der Waals surface area contributed by atoms with E-state index in [0.717, 1.165) is 31.1 Å². The average Bonchev–Trinajstić information content (AvgIpc) is 2.93. The highest BCUT2D eigenvalue weighted by Gasteiger charge is 2.27. The van der Waals surface area contributed by atoms with Gasteiger partial charge in [-0.2, -0.15) is 4.99 Å². The first-order valence-corrected chi connectivity index (χ1v) is 8.61. The maximum Gasteiger partial charge on any atom is 0.286 e. The van der Waals surface area contributed by atoms with Gasteiger partial charge in [-0.3, -0.25) is 4.79 Å². The summed E-state index contributed by atoms with van der Waals surface area (Å²) in [5.74, 6) is -0.0290. The smallest absolute Gasteiger partial charge is 0.286 e. The van der Waals surface area contributed by atoms with Crippen LogP contribution in [0.3, 0.4) is 0 Å². The normalized spacial score (nSPS) is 19.7. The first-order chi connectivity index (χ1) is 10.7. The van der Waals surface area contributed by atoms with Crippen molar-refractivity contribution in [3.63, 3.8) is 0 Å². The first kappa shape index (κ1) is 16.6. The molecule has 0 aliphatic carbocycles. The molecular weight excluding hydrogens is 296 g/mol. The van der Waals surface area contributed by atoms with Gasteiger partial charge in [0.2, 0.25) is 0 Å². The van der Waals surface area contributed by atoms with Crippen molar-refractivity contribution in [1.29, 1.82) is 0 Å². The quantitative estimate of drug-likeness (QED) is 0.799. The molecule has 1 saturated heterocycles. The predicted molar refractivity (Wildman–Crippen MR) is 92.9 cm³/mol. The van der Waals surface area contributed by atoms with Gasteiger partial charge in [0.1, 0.15) is 5.75 Å². The lowest BCUT2D eigenvalue weighted by atomic mass is 10.1. The number of piperidine rings is 1. The van der Waals surface area contributed by atoms with E-state index in [9.17, 15) is 9.90 Å². The van der Waals surface area contributed by atoms with Crippen LogP contribution < -0.4 is 0 Å². The Morgan fingerprint density at radius 3 is 2.55 bits per heavy atom. The molecule has 22 heavy (non-hydrogen) atoms. The Kier molecular flexibility index (Phi) is 6.07. The van der Waals surface area contributed by atoms with Gasteiger partial charge in [0, 0.05) is 18.7 Å². The molecule has 0 bridgehead atoms. The van der Waals surface area contributed by atoms with Crippen LogP contribution in [0.1, 0.15) is 38.7 Å². The van der Waals surface area contributed by atoms with Crippen molar-refractivity contribution in [3.05, 3.63) is 34.7 Å². The van der Waals surface area contributed by atoms with E-state index in [-0.39, 0.29) is 11.7 Å². The van der Waals surface area contributed by atoms with Gasteiger partial charge in [0.25, 0.3) is 5.91 Å². The fourth-order valence-electron chi connectivity index (χ4n) is 2.37. The van der Waals surface area contributed by atoms with Gasteiger partial charge in [-0.25, -0.2) is 0 Å². The zero-order valence-electron chi connectivity index (χ0n) is 13.1. The first-order valence-electron chi connectivity index (χ1n) is 7.79. The van der Waals surface area contributed by atoms with E-state index in [1.807, 2.05) is 19.9 Å². The van der Waals surface area contributed by atoms with Crippen LogP contribution in [0.5, 0.6) is 5.75 Å².